The van der Waals surface area contributed by atoms with Crippen molar-refractivity contribution in [2.75, 3.05) is 5.32 Å². The lowest BCUT2D eigenvalue weighted by molar-refractivity contribution is 0.527. The van der Waals surface area contributed by atoms with Crippen LogP contribution in [0.4, 0.5) is 5.69 Å². The Morgan fingerprint density at radius 1 is 1.18 bits per heavy atom. The Bertz CT molecular complexity index is 468. The molecule has 2 rings (SSSR count). The summed E-state index contributed by atoms with van der Waals surface area (Å²) < 4.78 is 1.98. The third kappa shape index (κ3) is 3.09. The maximum atomic E-state index is 4.50. The van der Waals surface area contributed by atoms with Crippen molar-refractivity contribution in [2.24, 2.45) is 0 Å². The summed E-state index contributed by atoms with van der Waals surface area (Å²) in [5, 5.41) is 7.86. The van der Waals surface area contributed by atoms with Crippen LogP contribution in [-0.2, 0) is 6.54 Å². The van der Waals surface area contributed by atoms with E-state index in [0.29, 0.717) is 6.04 Å². The van der Waals surface area contributed by atoms with E-state index in [2.05, 4.69) is 61.5 Å². The highest BCUT2D eigenvalue weighted by molar-refractivity contribution is 5.44. The number of rotatable bonds is 4. The Morgan fingerprint density at radius 2 is 1.88 bits per heavy atom. The van der Waals surface area contributed by atoms with Crippen molar-refractivity contribution in [3.05, 3.63) is 47.8 Å². The number of nitrogens with one attached hydrogen (secondary N) is 1. The minimum absolute atomic E-state index is 0.420. The first-order valence-corrected chi connectivity index (χ1v) is 6.00. The molecule has 3 heteroatoms. The van der Waals surface area contributed by atoms with Gasteiger partial charge in [0.25, 0.3) is 0 Å². The first-order valence-electron chi connectivity index (χ1n) is 6.00. The van der Waals surface area contributed by atoms with Gasteiger partial charge in [0.05, 0.1) is 12.2 Å². The number of anilines is 1. The van der Waals surface area contributed by atoms with Gasteiger partial charge in [-0.3, -0.25) is 4.68 Å². The molecule has 0 aliphatic rings. The average molecular weight is 229 g/mol. The fourth-order valence-electron chi connectivity index (χ4n) is 1.62. The second-order valence-electron chi connectivity index (χ2n) is 4.60. The normalized spacial score (nSPS) is 10.8. The smallest absolute Gasteiger partial charge is 0.0815 e. The van der Waals surface area contributed by atoms with Crippen LogP contribution >= 0.6 is 0 Å². The first kappa shape index (κ1) is 11.7. The maximum Gasteiger partial charge on any atom is 0.0815 e. The molecule has 0 bridgehead atoms. The highest BCUT2D eigenvalue weighted by Crippen LogP contribution is 2.10. The monoisotopic (exact) mass is 229 g/mol. The topological polar surface area (TPSA) is 29.9 Å². The van der Waals surface area contributed by atoms with Crippen molar-refractivity contribution < 1.29 is 0 Å². The van der Waals surface area contributed by atoms with Crippen molar-refractivity contribution in [1.82, 2.24) is 9.78 Å². The third-order valence-electron chi connectivity index (χ3n) is 2.72. The Balaban J connectivity index is 1.95. The van der Waals surface area contributed by atoms with E-state index in [4.69, 9.17) is 0 Å². The van der Waals surface area contributed by atoms with Crippen molar-refractivity contribution in [3.8, 4) is 0 Å². The van der Waals surface area contributed by atoms with E-state index in [0.717, 1.165) is 17.9 Å². The van der Waals surface area contributed by atoms with Gasteiger partial charge < -0.3 is 5.32 Å². The molecule has 0 amide bonds. The molecule has 1 N–H and O–H groups in total. The summed E-state index contributed by atoms with van der Waals surface area (Å²) in [6.07, 6.45) is 2.02. The maximum absolute atomic E-state index is 4.50. The molecule has 0 unspecified atom stereocenters. The second kappa shape index (κ2) is 5.04. The molecule has 1 heterocycles. The van der Waals surface area contributed by atoms with Crippen LogP contribution in [0, 0.1) is 6.92 Å². The molecule has 1 aromatic heterocycles. The number of aryl methyl sites for hydroxylation is 1. The molecule has 0 fully saturated rings. The number of hydrogen-bond acceptors (Lipinski definition) is 2. The standard InChI is InChI=1S/C14H19N3/c1-11(2)17-9-8-14(16-17)10-15-13-6-4-12(3)5-7-13/h4-9,11,15H,10H2,1-3H3. The van der Waals surface area contributed by atoms with Crippen LogP contribution in [0.1, 0.15) is 31.1 Å². The molecule has 0 saturated carbocycles. The lowest BCUT2D eigenvalue weighted by atomic mass is 10.2. The predicted molar refractivity (Wildman–Crippen MR) is 71.1 cm³/mol. The highest BCUT2D eigenvalue weighted by Gasteiger charge is 2.01. The van der Waals surface area contributed by atoms with E-state index < -0.39 is 0 Å². The Kier molecular flexibility index (Phi) is 3.47. The molecule has 0 spiro atoms. The SMILES string of the molecule is Cc1ccc(NCc2ccn(C(C)C)n2)cc1. The van der Waals surface area contributed by atoms with E-state index in [1.165, 1.54) is 5.56 Å². The van der Waals surface area contributed by atoms with Crippen LogP contribution in [0.25, 0.3) is 0 Å². The predicted octanol–water partition coefficient (Wildman–Crippen LogP) is 3.38. The van der Waals surface area contributed by atoms with Gasteiger partial charge in [-0.2, -0.15) is 5.10 Å². The molecule has 2 aromatic rings. The molecular formula is C14H19N3. The summed E-state index contributed by atoms with van der Waals surface area (Å²) in [5.41, 5.74) is 3.48. The molecule has 0 aliphatic carbocycles. The minimum atomic E-state index is 0.420. The van der Waals surface area contributed by atoms with Crippen LogP contribution in [0.3, 0.4) is 0 Å². The molecule has 0 saturated heterocycles. The van der Waals surface area contributed by atoms with Crippen molar-refractivity contribution >= 4 is 5.69 Å². The third-order valence-corrected chi connectivity index (χ3v) is 2.72. The molecule has 0 radical (unpaired) electrons. The Hall–Kier alpha value is -1.77. The van der Waals surface area contributed by atoms with E-state index in [1.807, 2.05) is 10.9 Å². The first-order chi connectivity index (χ1) is 8.15. The van der Waals surface area contributed by atoms with Gasteiger partial charge in [0.1, 0.15) is 0 Å². The van der Waals surface area contributed by atoms with Crippen LogP contribution < -0.4 is 5.32 Å². The Morgan fingerprint density at radius 3 is 2.47 bits per heavy atom. The summed E-state index contributed by atoms with van der Waals surface area (Å²) in [6, 6.07) is 10.9. The number of benzene rings is 1. The van der Waals surface area contributed by atoms with Gasteiger partial charge in [-0.15, -0.1) is 0 Å². The lowest BCUT2D eigenvalue weighted by Gasteiger charge is -2.06. The van der Waals surface area contributed by atoms with Crippen molar-refractivity contribution in [3.63, 3.8) is 0 Å². The van der Waals surface area contributed by atoms with Crippen LogP contribution in [-0.4, -0.2) is 9.78 Å². The van der Waals surface area contributed by atoms with Crippen molar-refractivity contribution in [2.45, 2.75) is 33.4 Å². The highest BCUT2D eigenvalue weighted by atomic mass is 15.3. The molecule has 1 aromatic carbocycles. The van der Waals surface area contributed by atoms with Gasteiger partial charge in [-0.25, -0.2) is 0 Å². The number of nitrogens with zero attached hydrogens (tertiary/aromatic N) is 2. The van der Waals surface area contributed by atoms with Crippen molar-refractivity contribution in [1.29, 1.82) is 0 Å². The lowest BCUT2D eigenvalue weighted by Crippen LogP contribution is -2.04. The second-order valence-corrected chi connectivity index (χ2v) is 4.60. The van der Waals surface area contributed by atoms with Crippen LogP contribution in [0.2, 0.25) is 0 Å². The number of aromatic nitrogens is 2. The summed E-state index contributed by atoms with van der Waals surface area (Å²) in [6.45, 7) is 7.12. The van der Waals surface area contributed by atoms with Gasteiger partial charge in [-0.05, 0) is 39.0 Å². The zero-order valence-corrected chi connectivity index (χ0v) is 10.6. The van der Waals surface area contributed by atoms with E-state index in [9.17, 15) is 0 Å². The van der Waals surface area contributed by atoms with E-state index in [-0.39, 0.29) is 0 Å². The fraction of sp³-hybridized carbons (Fsp3) is 0.357. The van der Waals surface area contributed by atoms with Crippen LogP contribution in [0.5, 0.6) is 0 Å². The minimum Gasteiger partial charge on any atom is -0.379 e. The molecule has 0 aliphatic heterocycles. The molecule has 3 nitrogen and oxygen atoms in total. The average Bonchev–Trinajstić information content (AvgIpc) is 2.77. The van der Waals surface area contributed by atoms with Gasteiger partial charge in [0, 0.05) is 17.9 Å². The zero-order chi connectivity index (χ0) is 12.3. The van der Waals surface area contributed by atoms with Crippen LogP contribution in [0.15, 0.2) is 36.5 Å². The van der Waals surface area contributed by atoms with Gasteiger partial charge >= 0.3 is 0 Å². The summed E-state index contributed by atoms with van der Waals surface area (Å²) in [4.78, 5) is 0. The van der Waals surface area contributed by atoms with E-state index in [1.54, 1.807) is 0 Å². The van der Waals surface area contributed by atoms with Gasteiger partial charge in [0.15, 0.2) is 0 Å². The molecular weight excluding hydrogens is 210 g/mol. The fourth-order valence-corrected chi connectivity index (χ4v) is 1.62. The molecule has 0 atom stereocenters. The van der Waals surface area contributed by atoms with Gasteiger partial charge in [-0.1, -0.05) is 17.7 Å². The zero-order valence-electron chi connectivity index (χ0n) is 10.6. The molecule has 17 heavy (non-hydrogen) atoms. The largest absolute Gasteiger partial charge is 0.379 e. The Labute approximate surface area is 102 Å². The van der Waals surface area contributed by atoms with E-state index >= 15 is 0 Å². The summed E-state index contributed by atoms with van der Waals surface area (Å²) in [5.74, 6) is 0. The quantitative estimate of drug-likeness (QED) is 0.871. The number of hydrogen-bond donors (Lipinski definition) is 1. The molecule has 90 valence electrons. The summed E-state index contributed by atoms with van der Waals surface area (Å²) in [7, 11) is 0. The summed E-state index contributed by atoms with van der Waals surface area (Å²) >= 11 is 0. The van der Waals surface area contributed by atoms with Gasteiger partial charge in [0.2, 0.25) is 0 Å².